The Morgan fingerprint density at radius 2 is 2.25 bits per heavy atom. The molecule has 0 spiro atoms. The summed E-state index contributed by atoms with van der Waals surface area (Å²) in [5, 5.41) is 0. The van der Waals surface area contributed by atoms with Crippen molar-refractivity contribution >= 4 is 22.8 Å². The number of imidazole rings is 1. The van der Waals surface area contributed by atoms with E-state index in [2.05, 4.69) is 9.97 Å². The molecule has 86 valence electrons. The van der Waals surface area contributed by atoms with Crippen LogP contribution in [-0.4, -0.2) is 25.0 Å². The molecule has 0 unspecified atom stereocenters. The van der Waals surface area contributed by atoms with E-state index < -0.39 is 11.2 Å². The van der Waals surface area contributed by atoms with E-state index in [1.165, 1.54) is 10.9 Å². The molecule has 0 aliphatic heterocycles. The molecular formula is C9H11ClN4O2. The SMILES string of the molecule is Cn1cnc2c1c(=O)[nH]c(=O)n2CCCCl. The summed E-state index contributed by atoms with van der Waals surface area (Å²) < 4.78 is 3.02. The molecule has 0 radical (unpaired) electrons. The normalized spacial score (nSPS) is 11.1. The van der Waals surface area contributed by atoms with E-state index in [4.69, 9.17) is 11.6 Å². The highest BCUT2D eigenvalue weighted by atomic mass is 35.5. The number of hydrogen-bond acceptors (Lipinski definition) is 3. The Hall–Kier alpha value is -1.56. The van der Waals surface area contributed by atoms with Gasteiger partial charge in [0.2, 0.25) is 0 Å². The van der Waals surface area contributed by atoms with E-state index in [9.17, 15) is 9.59 Å². The summed E-state index contributed by atoms with van der Waals surface area (Å²) in [7, 11) is 1.71. The second kappa shape index (κ2) is 4.13. The van der Waals surface area contributed by atoms with Gasteiger partial charge in [-0.1, -0.05) is 0 Å². The van der Waals surface area contributed by atoms with Gasteiger partial charge in [0.15, 0.2) is 11.2 Å². The van der Waals surface area contributed by atoms with Crippen molar-refractivity contribution in [2.24, 2.45) is 7.05 Å². The van der Waals surface area contributed by atoms with Gasteiger partial charge in [-0.3, -0.25) is 14.3 Å². The van der Waals surface area contributed by atoms with Gasteiger partial charge >= 0.3 is 5.69 Å². The molecule has 0 aliphatic rings. The highest BCUT2D eigenvalue weighted by molar-refractivity contribution is 6.17. The van der Waals surface area contributed by atoms with Gasteiger partial charge in [0.1, 0.15) is 0 Å². The van der Waals surface area contributed by atoms with Crippen molar-refractivity contribution in [3.63, 3.8) is 0 Å². The largest absolute Gasteiger partial charge is 0.330 e. The van der Waals surface area contributed by atoms with Crippen LogP contribution in [0.4, 0.5) is 0 Å². The fraction of sp³-hybridized carbons (Fsp3) is 0.444. The monoisotopic (exact) mass is 242 g/mol. The number of nitrogens with zero attached hydrogens (tertiary/aromatic N) is 3. The molecule has 0 aromatic carbocycles. The van der Waals surface area contributed by atoms with Gasteiger partial charge in [0.05, 0.1) is 6.33 Å². The van der Waals surface area contributed by atoms with Crippen LogP contribution >= 0.6 is 11.6 Å². The van der Waals surface area contributed by atoms with Gasteiger partial charge in [0.25, 0.3) is 5.56 Å². The molecule has 16 heavy (non-hydrogen) atoms. The lowest BCUT2D eigenvalue weighted by Crippen LogP contribution is -2.31. The minimum Gasteiger partial charge on any atom is -0.328 e. The summed E-state index contributed by atoms with van der Waals surface area (Å²) in [6, 6.07) is 0. The lowest BCUT2D eigenvalue weighted by atomic mass is 10.4. The summed E-state index contributed by atoms with van der Waals surface area (Å²) in [6.07, 6.45) is 2.16. The Morgan fingerprint density at radius 3 is 2.94 bits per heavy atom. The number of aryl methyl sites for hydroxylation is 2. The number of halogens is 1. The molecule has 0 atom stereocenters. The molecule has 2 rings (SSSR count). The standard InChI is InChI=1S/C9H11ClN4O2/c1-13-5-11-7-6(13)8(15)12-9(16)14(7)4-2-3-10/h5H,2-4H2,1H3,(H,12,15,16). The molecule has 2 aromatic rings. The third-order valence-corrected chi connectivity index (χ3v) is 2.64. The number of rotatable bonds is 3. The second-order valence-corrected chi connectivity index (χ2v) is 3.86. The van der Waals surface area contributed by atoms with Gasteiger partial charge in [0, 0.05) is 19.5 Å². The average Bonchev–Trinajstić information content (AvgIpc) is 2.61. The van der Waals surface area contributed by atoms with Crippen LogP contribution in [0.25, 0.3) is 11.2 Å². The summed E-state index contributed by atoms with van der Waals surface area (Å²) in [5.41, 5.74) is -0.0565. The van der Waals surface area contributed by atoms with Crippen LogP contribution < -0.4 is 11.2 Å². The molecule has 1 N–H and O–H groups in total. The number of nitrogens with one attached hydrogen (secondary N) is 1. The maximum Gasteiger partial charge on any atom is 0.330 e. The summed E-state index contributed by atoms with van der Waals surface area (Å²) in [6.45, 7) is 0.451. The molecule has 0 saturated carbocycles. The van der Waals surface area contributed by atoms with Crippen LogP contribution in [0, 0.1) is 0 Å². The lowest BCUT2D eigenvalue weighted by Gasteiger charge is -2.04. The van der Waals surface area contributed by atoms with Crippen LogP contribution in [0.2, 0.25) is 0 Å². The number of hydrogen-bond donors (Lipinski definition) is 1. The first kappa shape index (κ1) is 10.9. The lowest BCUT2D eigenvalue weighted by molar-refractivity contribution is 0.655. The molecule has 0 aliphatic carbocycles. The quantitative estimate of drug-likeness (QED) is 0.773. The number of aromatic nitrogens is 4. The van der Waals surface area contributed by atoms with Crippen molar-refractivity contribution in [1.82, 2.24) is 19.1 Å². The fourth-order valence-electron chi connectivity index (χ4n) is 1.62. The van der Waals surface area contributed by atoms with Gasteiger partial charge in [-0.15, -0.1) is 11.6 Å². The highest BCUT2D eigenvalue weighted by Gasteiger charge is 2.10. The van der Waals surface area contributed by atoms with Gasteiger partial charge < -0.3 is 4.57 Å². The summed E-state index contributed by atoms with van der Waals surface area (Å²) in [4.78, 5) is 29.5. The van der Waals surface area contributed by atoms with E-state index in [1.54, 1.807) is 11.6 Å². The van der Waals surface area contributed by atoms with Crippen LogP contribution in [0.15, 0.2) is 15.9 Å². The van der Waals surface area contributed by atoms with Gasteiger partial charge in [-0.05, 0) is 6.42 Å². The van der Waals surface area contributed by atoms with E-state index in [0.717, 1.165) is 0 Å². The summed E-state index contributed by atoms with van der Waals surface area (Å²) >= 11 is 5.58. The molecule has 0 amide bonds. The molecular weight excluding hydrogens is 232 g/mol. The first-order chi connectivity index (χ1) is 7.65. The zero-order valence-corrected chi connectivity index (χ0v) is 9.49. The number of aromatic amines is 1. The van der Waals surface area contributed by atoms with E-state index in [1.807, 2.05) is 0 Å². The minimum absolute atomic E-state index is 0.397. The van der Waals surface area contributed by atoms with Crippen LogP contribution in [-0.2, 0) is 13.6 Å². The highest BCUT2D eigenvalue weighted by Crippen LogP contribution is 2.04. The van der Waals surface area contributed by atoms with Crippen molar-refractivity contribution < 1.29 is 0 Å². The van der Waals surface area contributed by atoms with Gasteiger partial charge in [-0.25, -0.2) is 9.78 Å². The fourth-order valence-corrected chi connectivity index (χ4v) is 1.74. The van der Waals surface area contributed by atoms with Crippen LogP contribution in [0.3, 0.4) is 0 Å². The predicted octanol–water partition coefficient (Wildman–Crippen LogP) is 0.0522. The molecule has 7 heteroatoms. The van der Waals surface area contributed by atoms with Crippen molar-refractivity contribution in [2.75, 3.05) is 5.88 Å². The van der Waals surface area contributed by atoms with Crippen LogP contribution in [0.5, 0.6) is 0 Å². The summed E-state index contributed by atoms with van der Waals surface area (Å²) in [5.74, 6) is 0.458. The number of fused-ring (bicyclic) bond motifs is 1. The Labute approximate surface area is 95.5 Å². The third-order valence-electron chi connectivity index (χ3n) is 2.37. The van der Waals surface area contributed by atoms with E-state index in [-0.39, 0.29) is 0 Å². The first-order valence-corrected chi connectivity index (χ1v) is 5.38. The van der Waals surface area contributed by atoms with Crippen molar-refractivity contribution in [2.45, 2.75) is 13.0 Å². The zero-order valence-electron chi connectivity index (χ0n) is 8.73. The van der Waals surface area contributed by atoms with Crippen molar-refractivity contribution in [1.29, 1.82) is 0 Å². The maximum absolute atomic E-state index is 11.6. The van der Waals surface area contributed by atoms with Gasteiger partial charge in [-0.2, -0.15) is 0 Å². The molecule has 2 aromatic heterocycles. The molecule has 6 nitrogen and oxygen atoms in total. The number of alkyl halides is 1. The molecule has 0 saturated heterocycles. The average molecular weight is 243 g/mol. The Balaban J connectivity index is 2.72. The predicted molar refractivity (Wildman–Crippen MR) is 60.9 cm³/mol. The minimum atomic E-state index is -0.443. The first-order valence-electron chi connectivity index (χ1n) is 4.85. The Bertz CT molecular complexity index is 624. The molecule has 0 fully saturated rings. The second-order valence-electron chi connectivity index (χ2n) is 3.48. The zero-order chi connectivity index (χ0) is 11.7. The van der Waals surface area contributed by atoms with Crippen molar-refractivity contribution in [3.8, 4) is 0 Å². The van der Waals surface area contributed by atoms with Crippen LogP contribution in [0.1, 0.15) is 6.42 Å². The van der Waals surface area contributed by atoms with E-state index in [0.29, 0.717) is 30.0 Å². The number of H-pyrrole nitrogens is 1. The van der Waals surface area contributed by atoms with Crippen molar-refractivity contribution in [3.05, 3.63) is 27.2 Å². The molecule has 0 bridgehead atoms. The third kappa shape index (κ3) is 1.65. The molecule has 2 heterocycles. The smallest absolute Gasteiger partial charge is 0.328 e. The Morgan fingerprint density at radius 1 is 1.50 bits per heavy atom. The maximum atomic E-state index is 11.6. The Kier molecular flexibility index (Phi) is 2.82. The van der Waals surface area contributed by atoms with E-state index >= 15 is 0 Å². The topological polar surface area (TPSA) is 72.7 Å².